The Bertz CT molecular complexity index is 682. The monoisotopic (exact) mass is 530 g/mol. The predicted molar refractivity (Wildman–Crippen MR) is 147 cm³/mol. The van der Waals surface area contributed by atoms with Crippen LogP contribution in [0.5, 0.6) is 0 Å². The third-order valence-electron chi connectivity index (χ3n) is 5.40. The van der Waals surface area contributed by atoms with Crippen LogP contribution in [0.15, 0.2) is 18.2 Å². The highest BCUT2D eigenvalue weighted by molar-refractivity contribution is 5.66. The van der Waals surface area contributed by atoms with Crippen molar-refractivity contribution in [2.45, 2.75) is 64.3 Å². The molecule has 0 aromatic heterocycles. The van der Waals surface area contributed by atoms with Gasteiger partial charge in [0.25, 0.3) is 0 Å². The highest BCUT2D eigenvalue weighted by Gasteiger charge is 2.01. The molecule has 0 aliphatic heterocycles. The molecule has 1 unspecified atom stereocenters. The van der Waals surface area contributed by atoms with E-state index in [1.165, 1.54) is 26.0 Å². The van der Waals surface area contributed by atoms with Crippen molar-refractivity contribution in [3.63, 3.8) is 0 Å². The molecule has 0 aliphatic rings. The Morgan fingerprint density at radius 3 is 2.49 bits per heavy atom. The van der Waals surface area contributed by atoms with E-state index in [4.69, 9.17) is 15.6 Å². The van der Waals surface area contributed by atoms with Crippen molar-refractivity contribution >= 4 is 12.5 Å². The number of amides is 2. The number of aryl methyl sites for hydroxylation is 2. The summed E-state index contributed by atoms with van der Waals surface area (Å²) in [7, 11) is 6.73. The summed E-state index contributed by atoms with van der Waals surface area (Å²) in [6.45, 7) is 4.79. The molecule has 0 saturated carbocycles. The molecule has 1 aromatic carbocycles. The van der Waals surface area contributed by atoms with E-state index >= 15 is 0 Å². The first kappa shape index (κ1) is 36.9. The van der Waals surface area contributed by atoms with Crippen LogP contribution in [-0.2, 0) is 20.7 Å². The molecule has 37 heavy (non-hydrogen) atoms. The van der Waals surface area contributed by atoms with Crippen LogP contribution in [0.4, 0.5) is 9.18 Å². The Morgan fingerprint density at radius 2 is 1.89 bits per heavy atom. The number of aliphatic hydroxyl groups is 1. The van der Waals surface area contributed by atoms with Crippen molar-refractivity contribution in [2.24, 2.45) is 5.73 Å². The lowest BCUT2D eigenvalue weighted by molar-refractivity contribution is -0.117. The van der Waals surface area contributed by atoms with E-state index in [2.05, 4.69) is 15.4 Å². The number of likely N-dealkylation sites (N-methyl/N-ethyl adjacent to an activating group) is 1. The smallest absolute Gasteiger partial charge is 0.406 e. The van der Waals surface area contributed by atoms with Crippen LogP contribution < -0.4 is 16.4 Å². The zero-order valence-electron chi connectivity index (χ0n) is 23.6. The summed E-state index contributed by atoms with van der Waals surface area (Å²) >= 11 is 0. The first-order chi connectivity index (χ1) is 17.7. The standard InChI is InChI=1S/C14H20FNO.C9H22N2O.C4H9NO3/c1-12-7-8-14(15)10-13(12)6-4-3-5-9-16(2)11-17;1-11-8-9(10)6-4-3-5-7-12-2;1-8-4(7)5-2-3-6/h7-8,10-11H,3-6,9H2,1-2H3;9,11H,3-8,10H2,1-2H3;6H,2-3H2,1H3,(H,5,7). The number of nitrogens with two attached hydrogens (primary N) is 1. The van der Waals surface area contributed by atoms with E-state index in [-0.39, 0.29) is 19.0 Å². The second-order valence-electron chi connectivity index (χ2n) is 8.77. The average molecular weight is 531 g/mol. The van der Waals surface area contributed by atoms with Gasteiger partial charge >= 0.3 is 6.09 Å². The maximum atomic E-state index is 13.0. The molecule has 0 bridgehead atoms. The van der Waals surface area contributed by atoms with E-state index in [9.17, 15) is 14.0 Å². The minimum absolute atomic E-state index is 0.0604. The van der Waals surface area contributed by atoms with Crippen LogP contribution in [-0.4, -0.2) is 89.7 Å². The number of nitrogens with one attached hydrogen (secondary N) is 2. The average Bonchev–Trinajstić information content (AvgIpc) is 2.89. The van der Waals surface area contributed by atoms with Gasteiger partial charge in [-0.05, 0) is 69.3 Å². The van der Waals surface area contributed by atoms with Gasteiger partial charge in [0.1, 0.15) is 5.82 Å². The van der Waals surface area contributed by atoms with Crippen LogP contribution in [0.3, 0.4) is 0 Å². The quantitative estimate of drug-likeness (QED) is 0.180. The van der Waals surface area contributed by atoms with Crippen LogP contribution in [0.2, 0.25) is 0 Å². The highest BCUT2D eigenvalue weighted by Crippen LogP contribution is 2.13. The zero-order chi connectivity index (χ0) is 28.3. The van der Waals surface area contributed by atoms with E-state index in [1.54, 1.807) is 25.1 Å². The molecule has 0 aliphatic carbocycles. The van der Waals surface area contributed by atoms with E-state index in [1.807, 2.05) is 20.0 Å². The molecule has 10 heteroatoms. The molecule has 216 valence electrons. The summed E-state index contributed by atoms with van der Waals surface area (Å²) < 4.78 is 22.2. The number of carbonyl (C=O) groups is 2. The van der Waals surface area contributed by atoms with Crippen LogP contribution in [0.1, 0.15) is 56.1 Å². The number of methoxy groups -OCH3 is 2. The van der Waals surface area contributed by atoms with E-state index in [0.717, 1.165) is 75.8 Å². The van der Waals surface area contributed by atoms with Gasteiger partial charge in [-0.2, -0.15) is 0 Å². The predicted octanol–water partition coefficient (Wildman–Crippen LogP) is 3.01. The Labute approximate surface area is 223 Å². The van der Waals surface area contributed by atoms with Crippen molar-refractivity contribution in [3.05, 3.63) is 35.1 Å². The molecule has 1 atom stereocenters. The van der Waals surface area contributed by atoms with Crippen molar-refractivity contribution in [1.82, 2.24) is 15.5 Å². The summed E-state index contributed by atoms with van der Waals surface area (Å²) in [5.74, 6) is -0.161. The number of nitrogens with zero attached hydrogens (tertiary/aromatic N) is 1. The van der Waals surface area contributed by atoms with Crippen molar-refractivity contribution in [3.8, 4) is 0 Å². The van der Waals surface area contributed by atoms with Crippen molar-refractivity contribution < 1.29 is 28.6 Å². The Morgan fingerprint density at radius 1 is 1.19 bits per heavy atom. The van der Waals surface area contributed by atoms with Gasteiger partial charge in [-0.25, -0.2) is 9.18 Å². The van der Waals surface area contributed by atoms with Crippen LogP contribution >= 0.6 is 0 Å². The van der Waals surface area contributed by atoms with Crippen molar-refractivity contribution in [1.29, 1.82) is 0 Å². The zero-order valence-corrected chi connectivity index (χ0v) is 23.6. The lowest BCUT2D eigenvalue weighted by atomic mass is 10.0. The van der Waals surface area contributed by atoms with Gasteiger partial charge in [0.15, 0.2) is 0 Å². The number of aliphatic hydroxyl groups excluding tert-OH is 1. The molecule has 0 fully saturated rings. The molecule has 1 rings (SSSR count). The molecule has 0 heterocycles. The first-order valence-corrected chi connectivity index (χ1v) is 13.0. The third kappa shape index (κ3) is 25.2. The molecular formula is C27H51FN4O5. The number of hydrogen-bond donors (Lipinski definition) is 4. The van der Waals surface area contributed by atoms with Crippen LogP contribution in [0, 0.1) is 12.7 Å². The highest BCUT2D eigenvalue weighted by atomic mass is 19.1. The van der Waals surface area contributed by atoms with Gasteiger partial charge in [-0.3, -0.25) is 4.79 Å². The summed E-state index contributed by atoms with van der Waals surface area (Å²) in [5, 5.41) is 13.5. The summed E-state index contributed by atoms with van der Waals surface area (Å²) in [5.41, 5.74) is 8.05. The Balaban J connectivity index is 0. The van der Waals surface area contributed by atoms with Gasteiger partial charge in [-0.1, -0.05) is 25.3 Å². The van der Waals surface area contributed by atoms with Crippen molar-refractivity contribution in [2.75, 3.05) is 61.2 Å². The van der Waals surface area contributed by atoms with Gasteiger partial charge < -0.3 is 35.8 Å². The number of carbonyl (C=O) groups excluding carboxylic acids is 2. The molecule has 2 amide bonds. The van der Waals surface area contributed by atoms with Crippen LogP contribution in [0.25, 0.3) is 0 Å². The Kier molecular flexibility index (Phi) is 26.7. The molecule has 0 radical (unpaired) electrons. The number of halogens is 1. The van der Waals surface area contributed by atoms with E-state index in [0.29, 0.717) is 6.04 Å². The van der Waals surface area contributed by atoms with Gasteiger partial charge in [0.05, 0.1) is 13.7 Å². The maximum absolute atomic E-state index is 13.0. The largest absolute Gasteiger partial charge is 0.453 e. The number of rotatable bonds is 17. The molecule has 0 spiro atoms. The number of hydrogen-bond acceptors (Lipinski definition) is 7. The number of benzene rings is 1. The second-order valence-corrected chi connectivity index (χ2v) is 8.77. The summed E-state index contributed by atoms with van der Waals surface area (Å²) in [6, 6.07) is 5.26. The summed E-state index contributed by atoms with van der Waals surface area (Å²) in [4.78, 5) is 22.1. The SMILES string of the molecule is CNCC(N)CCCCCOC.COC(=O)NCCO.Cc1ccc(F)cc1CCCCCN(C)C=O. The number of alkyl carbamates (subject to hydrolysis) is 1. The Hall–Kier alpha value is -2.27. The fourth-order valence-electron chi connectivity index (χ4n) is 3.24. The van der Waals surface area contributed by atoms with E-state index < -0.39 is 6.09 Å². The minimum Gasteiger partial charge on any atom is -0.453 e. The maximum Gasteiger partial charge on any atom is 0.406 e. The fourth-order valence-corrected chi connectivity index (χ4v) is 3.24. The van der Waals surface area contributed by atoms with Gasteiger partial charge in [0.2, 0.25) is 6.41 Å². The third-order valence-corrected chi connectivity index (χ3v) is 5.40. The fraction of sp³-hybridized carbons (Fsp3) is 0.704. The molecular weight excluding hydrogens is 479 g/mol. The lowest BCUT2D eigenvalue weighted by Gasteiger charge is -2.10. The first-order valence-electron chi connectivity index (χ1n) is 13.0. The molecule has 5 N–H and O–H groups in total. The minimum atomic E-state index is -0.515. The summed E-state index contributed by atoms with van der Waals surface area (Å²) in [6.07, 6.45) is 9.06. The lowest BCUT2D eigenvalue weighted by Crippen LogP contribution is -2.31. The molecule has 9 nitrogen and oxygen atoms in total. The van der Waals surface area contributed by atoms with Gasteiger partial charge in [0, 0.05) is 46.4 Å². The number of unbranched alkanes of at least 4 members (excludes halogenated alkanes) is 4. The topological polar surface area (TPSA) is 126 Å². The second kappa shape index (κ2) is 26.8. The number of ether oxygens (including phenoxy) is 2. The molecule has 0 saturated heterocycles. The molecule has 1 aromatic rings. The van der Waals surface area contributed by atoms with Gasteiger partial charge in [-0.15, -0.1) is 0 Å². The normalized spacial score (nSPS) is 10.8.